The van der Waals surface area contributed by atoms with E-state index >= 15 is 0 Å². The van der Waals surface area contributed by atoms with Crippen LogP contribution >= 0.6 is 23.2 Å². The predicted molar refractivity (Wildman–Crippen MR) is 107 cm³/mol. The van der Waals surface area contributed by atoms with E-state index < -0.39 is 5.82 Å². The predicted octanol–water partition coefficient (Wildman–Crippen LogP) is 5.18. The average Bonchev–Trinajstić information content (AvgIpc) is 2.66. The van der Waals surface area contributed by atoms with Gasteiger partial charge < -0.3 is 10.4 Å². The minimum absolute atomic E-state index is 0.0380. The van der Waals surface area contributed by atoms with Crippen molar-refractivity contribution in [2.45, 2.75) is 12.3 Å². The van der Waals surface area contributed by atoms with Gasteiger partial charge in [0.2, 0.25) is 0 Å². The quantitative estimate of drug-likeness (QED) is 0.593. The third-order valence-corrected chi connectivity index (χ3v) is 5.21. The lowest BCUT2D eigenvalue weighted by molar-refractivity contribution is 0.0950. The number of hydrogen-bond acceptors (Lipinski definition) is 2. The van der Waals surface area contributed by atoms with E-state index in [1.54, 1.807) is 36.4 Å². The fourth-order valence-electron chi connectivity index (χ4n) is 3.08. The van der Waals surface area contributed by atoms with E-state index in [0.29, 0.717) is 27.2 Å². The molecule has 0 saturated carbocycles. The molecule has 3 aromatic rings. The van der Waals surface area contributed by atoms with Crippen LogP contribution in [0.15, 0.2) is 54.6 Å². The molecule has 0 aliphatic carbocycles. The zero-order valence-corrected chi connectivity index (χ0v) is 15.9. The highest BCUT2D eigenvalue weighted by Crippen LogP contribution is 2.28. The van der Waals surface area contributed by atoms with Gasteiger partial charge in [0.1, 0.15) is 5.82 Å². The first kappa shape index (κ1) is 19.6. The summed E-state index contributed by atoms with van der Waals surface area (Å²) in [4.78, 5) is 12.7. The van der Waals surface area contributed by atoms with Gasteiger partial charge >= 0.3 is 0 Å². The zero-order valence-electron chi connectivity index (χ0n) is 14.4. The highest BCUT2D eigenvalue weighted by molar-refractivity contribution is 6.42. The Balaban J connectivity index is 1.81. The Morgan fingerprint density at radius 3 is 2.59 bits per heavy atom. The first-order valence-electron chi connectivity index (χ1n) is 8.52. The Labute approximate surface area is 166 Å². The number of fused-ring (bicyclic) bond motifs is 1. The monoisotopic (exact) mass is 405 g/mol. The maximum absolute atomic E-state index is 13.9. The fourth-order valence-corrected chi connectivity index (χ4v) is 3.39. The highest BCUT2D eigenvalue weighted by atomic mass is 35.5. The summed E-state index contributed by atoms with van der Waals surface area (Å²) < 4.78 is 13.9. The highest BCUT2D eigenvalue weighted by Gasteiger charge is 2.17. The molecular weight excluding hydrogens is 388 g/mol. The largest absolute Gasteiger partial charge is 0.396 e. The summed E-state index contributed by atoms with van der Waals surface area (Å²) in [6.07, 6.45) is 0.447. The second-order valence-electron chi connectivity index (χ2n) is 6.27. The molecule has 1 atom stereocenters. The number of benzene rings is 3. The summed E-state index contributed by atoms with van der Waals surface area (Å²) >= 11 is 12.0. The van der Waals surface area contributed by atoms with E-state index in [-0.39, 0.29) is 30.5 Å². The van der Waals surface area contributed by atoms with Gasteiger partial charge in [-0.1, -0.05) is 53.5 Å². The molecule has 3 nitrogen and oxygen atoms in total. The number of hydrogen-bond donors (Lipinski definition) is 2. The van der Waals surface area contributed by atoms with Gasteiger partial charge in [0.15, 0.2) is 0 Å². The molecule has 3 rings (SSSR count). The molecule has 6 heteroatoms. The number of halogens is 3. The molecule has 0 bridgehead atoms. The molecule has 0 aliphatic rings. The third kappa shape index (κ3) is 4.59. The summed E-state index contributed by atoms with van der Waals surface area (Å²) in [6, 6.07) is 15.0. The van der Waals surface area contributed by atoms with Crippen LogP contribution in [0.4, 0.5) is 4.39 Å². The second-order valence-corrected chi connectivity index (χ2v) is 7.08. The molecule has 0 aromatic heterocycles. The molecule has 1 unspecified atom stereocenters. The summed E-state index contributed by atoms with van der Waals surface area (Å²) in [6.45, 7) is 0.242. The molecule has 0 fully saturated rings. The Morgan fingerprint density at radius 1 is 1.07 bits per heavy atom. The van der Waals surface area contributed by atoms with Gasteiger partial charge in [-0.05, 0) is 47.0 Å². The summed E-state index contributed by atoms with van der Waals surface area (Å²) in [5.74, 6) is -0.975. The number of carbonyl (C=O) groups is 1. The standard InChI is InChI=1S/C21H18Cl2FNO2/c22-19-6-5-13(10-20(19)23)15(7-8-26)12-25-21(27)18-11-16(24)9-14-3-1-2-4-17(14)18/h1-6,9-11,15,26H,7-8,12H2,(H,25,27). The molecule has 140 valence electrons. The Bertz CT molecular complexity index is 978. The Morgan fingerprint density at radius 2 is 1.85 bits per heavy atom. The molecule has 0 radical (unpaired) electrons. The molecule has 2 N–H and O–H groups in total. The number of carbonyl (C=O) groups excluding carboxylic acids is 1. The number of nitrogens with one attached hydrogen (secondary N) is 1. The van der Waals surface area contributed by atoms with Crippen molar-refractivity contribution in [3.63, 3.8) is 0 Å². The molecule has 0 aliphatic heterocycles. The molecule has 0 saturated heterocycles. The number of amides is 1. The number of aliphatic hydroxyl groups excluding tert-OH is 1. The first-order chi connectivity index (χ1) is 13.0. The van der Waals surface area contributed by atoms with Gasteiger partial charge in [0.05, 0.1) is 15.6 Å². The minimum atomic E-state index is -0.463. The van der Waals surface area contributed by atoms with Gasteiger partial charge in [-0.2, -0.15) is 0 Å². The third-order valence-electron chi connectivity index (χ3n) is 4.47. The van der Waals surface area contributed by atoms with Crippen molar-refractivity contribution in [2.24, 2.45) is 0 Å². The van der Waals surface area contributed by atoms with Crippen molar-refractivity contribution < 1.29 is 14.3 Å². The lowest BCUT2D eigenvalue weighted by Crippen LogP contribution is -2.29. The van der Waals surface area contributed by atoms with Gasteiger partial charge in [-0.25, -0.2) is 4.39 Å². The van der Waals surface area contributed by atoms with Crippen LogP contribution in [0.25, 0.3) is 10.8 Å². The lowest BCUT2D eigenvalue weighted by atomic mass is 9.95. The van der Waals surface area contributed by atoms with Crippen LogP contribution in [0.5, 0.6) is 0 Å². The molecular formula is C21H18Cl2FNO2. The van der Waals surface area contributed by atoms with Crippen molar-refractivity contribution >= 4 is 39.9 Å². The Hall–Kier alpha value is -2.14. The first-order valence-corrected chi connectivity index (χ1v) is 9.27. The summed E-state index contributed by atoms with van der Waals surface area (Å²) in [5, 5.41) is 14.4. The molecule has 0 heterocycles. The van der Waals surface area contributed by atoms with Gasteiger partial charge in [0, 0.05) is 19.1 Å². The average molecular weight is 406 g/mol. The fraction of sp³-hybridized carbons (Fsp3) is 0.190. The van der Waals surface area contributed by atoms with E-state index in [9.17, 15) is 14.3 Å². The van der Waals surface area contributed by atoms with E-state index in [4.69, 9.17) is 23.2 Å². The van der Waals surface area contributed by atoms with Crippen molar-refractivity contribution in [1.29, 1.82) is 0 Å². The van der Waals surface area contributed by atoms with E-state index in [1.807, 2.05) is 6.07 Å². The number of aliphatic hydroxyl groups is 1. The SMILES string of the molecule is O=C(NCC(CCO)c1ccc(Cl)c(Cl)c1)c1cc(F)cc2ccccc12. The van der Waals surface area contributed by atoms with E-state index in [1.165, 1.54) is 12.1 Å². The normalized spacial score (nSPS) is 12.1. The van der Waals surface area contributed by atoms with Crippen LogP contribution in [0.3, 0.4) is 0 Å². The van der Waals surface area contributed by atoms with Crippen molar-refractivity contribution in [1.82, 2.24) is 5.32 Å². The van der Waals surface area contributed by atoms with Crippen molar-refractivity contribution in [3.05, 3.63) is 81.6 Å². The summed E-state index contributed by atoms with van der Waals surface area (Å²) in [5.41, 5.74) is 1.14. The van der Waals surface area contributed by atoms with Crippen LogP contribution in [-0.4, -0.2) is 24.2 Å². The number of rotatable bonds is 6. The maximum atomic E-state index is 13.9. The van der Waals surface area contributed by atoms with Crippen molar-refractivity contribution in [2.75, 3.05) is 13.2 Å². The van der Waals surface area contributed by atoms with Crippen LogP contribution in [0.2, 0.25) is 10.0 Å². The minimum Gasteiger partial charge on any atom is -0.396 e. The maximum Gasteiger partial charge on any atom is 0.252 e. The van der Waals surface area contributed by atoms with Crippen LogP contribution < -0.4 is 5.32 Å². The second kappa shape index (κ2) is 8.70. The smallest absolute Gasteiger partial charge is 0.252 e. The molecule has 27 heavy (non-hydrogen) atoms. The van der Waals surface area contributed by atoms with E-state index in [2.05, 4.69) is 5.32 Å². The van der Waals surface area contributed by atoms with Gasteiger partial charge in [-0.3, -0.25) is 4.79 Å². The van der Waals surface area contributed by atoms with Crippen LogP contribution in [0.1, 0.15) is 28.3 Å². The van der Waals surface area contributed by atoms with Gasteiger partial charge in [0.25, 0.3) is 5.91 Å². The van der Waals surface area contributed by atoms with Crippen molar-refractivity contribution in [3.8, 4) is 0 Å². The Kier molecular flexibility index (Phi) is 6.32. The van der Waals surface area contributed by atoms with Crippen LogP contribution in [0, 0.1) is 5.82 Å². The van der Waals surface area contributed by atoms with E-state index in [0.717, 1.165) is 5.56 Å². The zero-order chi connectivity index (χ0) is 19.4. The lowest BCUT2D eigenvalue weighted by Gasteiger charge is -2.18. The topological polar surface area (TPSA) is 49.3 Å². The van der Waals surface area contributed by atoms with Gasteiger partial charge in [-0.15, -0.1) is 0 Å². The molecule has 3 aromatic carbocycles. The van der Waals surface area contributed by atoms with Crippen LogP contribution in [-0.2, 0) is 0 Å². The molecule has 0 spiro atoms. The summed E-state index contributed by atoms with van der Waals surface area (Å²) in [7, 11) is 0. The molecule has 1 amide bonds.